The molecule has 0 rings (SSSR count). The summed E-state index contributed by atoms with van der Waals surface area (Å²) in [6.45, 7) is 5.59. The summed E-state index contributed by atoms with van der Waals surface area (Å²) in [5.41, 5.74) is 1.03. The lowest BCUT2D eigenvalue weighted by Gasteiger charge is -1.99. The Kier molecular flexibility index (Phi) is 2.68. The van der Waals surface area contributed by atoms with Crippen LogP contribution in [0.15, 0.2) is 11.6 Å². The Balaban J connectivity index is 3.56. The van der Waals surface area contributed by atoms with Crippen molar-refractivity contribution in [2.45, 2.75) is 26.9 Å². The van der Waals surface area contributed by atoms with Gasteiger partial charge in [-0.15, -0.1) is 0 Å². The first-order chi connectivity index (χ1) is 3.18. The van der Waals surface area contributed by atoms with Crippen LogP contribution in [0.3, 0.4) is 0 Å². The fourth-order valence-corrected chi connectivity index (χ4v) is 0.241. The van der Waals surface area contributed by atoms with Gasteiger partial charge in [-0.1, -0.05) is 6.08 Å². The highest BCUT2D eigenvalue weighted by Crippen LogP contribution is 1.96. The first-order valence-electron chi connectivity index (χ1n) is 2.49. The van der Waals surface area contributed by atoms with E-state index in [1.165, 1.54) is 0 Å². The second-order valence-electron chi connectivity index (χ2n) is 1.71. The molecule has 0 aliphatic heterocycles. The largest absolute Gasteiger partial charge is 0.389 e. The number of aliphatic hydroxyl groups is 1. The average Bonchev–Trinajstić information content (AvgIpc) is 1.65. The van der Waals surface area contributed by atoms with Gasteiger partial charge in [0.25, 0.3) is 0 Å². The normalized spacial score (nSPS) is 16.9. The van der Waals surface area contributed by atoms with Gasteiger partial charge in [0, 0.05) is 0 Å². The molecule has 1 heteroatoms. The minimum Gasteiger partial charge on any atom is -0.389 e. The van der Waals surface area contributed by atoms with Crippen LogP contribution in [0, 0.1) is 0 Å². The van der Waals surface area contributed by atoms with Crippen molar-refractivity contribution in [3.05, 3.63) is 11.6 Å². The molecular formula is C6H12O. The fourth-order valence-electron chi connectivity index (χ4n) is 0.241. The van der Waals surface area contributed by atoms with Crippen LogP contribution in [0.25, 0.3) is 0 Å². The summed E-state index contributed by atoms with van der Waals surface area (Å²) >= 11 is 0. The van der Waals surface area contributed by atoms with E-state index in [0.717, 1.165) is 5.57 Å². The summed E-state index contributed by atoms with van der Waals surface area (Å²) in [7, 11) is 0. The van der Waals surface area contributed by atoms with Crippen LogP contribution in [-0.2, 0) is 0 Å². The van der Waals surface area contributed by atoms with Gasteiger partial charge in [0.1, 0.15) is 0 Å². The van der Waals surface area contributed by atoms with Crippen molar-refractivity contribution in [3.8, 4) is 0 Å². The van der Waals surface area contributed by atoms with Gasteiger partial charge < -0.3 is 5.11 Å². The summed E-state index contributed by atoms with van der Waals surface area (Å²) < 4.78 is 0. The molecule has 1 atom stereocenters. The molecule has 0 fully saturated rings. The fraction of sp³-hybridized carbons (Fsp3) is 0.667. The van der Waals surface area contributed by atoms with Gasteiger partial charge in [-0.25, -0.2) is 0 Å². The second kappa shape index (κ2) is 2.80. The van der Waals surface area contributed by atoms with Crippen LogP contribution < -0.4 is 0 Å². The highest BCUT2D eigenvalue weighted by atomic mass is 16.3. The van der Waals surface area contributed by atoms with Crippen molar-refractivity contribution in [3.63, 3.8) is 0 Å². The second-order valence-corrected chi connectivity index (χ2v) is 1.71. The van der Waals surface area contributed by atoms with Crippen LogP contribution in [0.5, 0.6) is 0 Å². The van der Waals surface area contributed by atoms with E-state index in [1.807, 2.05) is 19.9 Å². The molecule has 42 valence electrons. The van der Waals surface area contributed by atoms with Crippen molar-refractivity contribution in [1.82, 2.24) is 0 Å². The summed E-state index contributed by atoms with van der Waals surface area (Å²) in [5.74, 6) is 0. The number of hydrogen-bond donors (Lipinski definition) is 1. The van der Waals surface area contributed by atoms with Crippen LogP contribution in [0.1, 0.15) is 20.8 Å². The van der Waals surface area contributed by atoms with Crippen LogP contribution in [-0.4, -0.2) is 11.2 Å². The van der Waals surface area contributed by atoms with E-state index < -0.39 is 0 Å². The van der Waals surface area contributed by atoms with E-state index in [-0.39, 0.29) is 6.10 Å². The molecular weight excluding hydrogens is 88.1 g/mol. The van der Waals surface area contributed by atoms with Gasteiger partial charge in [-0.3, -0.25) is 0 Å². The van der Waals surface area contributed by atoms with Crippen LogP contribution >= 0.6 is 0 Å². The topological polar surface area (TPSA) is 20.2 Å². The monoisotopic (exact) mass is 100 g/mol. The van der Waals surface area contributed by atoms with E-state index in [0.29, 0.717) is 0 Å². The highest BCUT2D eigenvalue weighted by Gasteiger charge is 1.92. The first kappa shape index (κ1) is 6.70. The maximum Gasteiger partial charge on any atom is 0.0719 e. The van der Waals surface area contributed by atoms with E-state index in [2.05, 4.69) is 0 Å². The Morgan fingerprint density at radius 1 is 1.71 bits per heavy atom. The van der Waals surface area contributed by atoms with Gasteiger partial charge >= 0.3 is 0 Å². The van der Waals surface area contributed by atoms with Crippen LogP contribution in [0.2, 0.25) is 0 Å². The quantitative estimate of drug-likeness (QED) is 0.493. The van der Waals surface area contributed by atoms with E-state index in [1.54, 1.807) is 6.92 Å². The molecule has 7 heavy (non-hydrogen) atoms. The summed E-state index contributed by atoms with van der Waals surface area (Å²) in [5, 5.41) is 8.75. The molecule has 0 aromatic carbocycles. The minimum atomic E-state index is -0.273. The molecule has 1 N–H and O–H groups in total. The Morgan fingerprint density at radius 2 is 2.14 bits per heavy atom. The number of rotatable bonds is 1. The molecule has 0 aliphatic rings. The predicted octanol–water partition coefficient (Wildman–Crippen LogP) is 1.33. The van der Waals surface area contributed by atoms with Crippen molar-refractivity contribution in [2.75, 3.05) is 0 Å². The lowest BCUT2D eigenvalue weighted by molar-refractivity contribution is 0.231. The lowest BCUT2D eigenvalue weighted by atomic mass is 10.2. The highest BCUT2D eigenvalue weighted by molar-refractivity contribution is 5.00. The Morgan fingerprint density at radius 3 is 2.14 bits per heavy atom. The maximum atomic E-state index is 8.75. The zero-order valence-electron chi connectivity index (χ0n) is 5.10. The molecule has 0 radical (unpaired) electrons. The molecule has 0 bridgehead atoms. The van der Waals surface area contributed by atoms with Gasteiger partial charge in [0.2, 0.25) is 0 Å². The van der Waals surface area contributed by atoms with E-state index in [9.17, 15) is 0 Å². The lowest BCUT2D eigenvalue weighted by Crippen LogP contribution is -1.99. The van der Waals surface area contributed by atoms with Crippen molar-refractivity contribution in [2.24, 2.45) is 0 Å². The Labute approximate surface area is 44.7 Å². The molecule has 0 aromatic rings. The smallest absolute Gasteiger partial charge is 0.0719 e. The number of aliphatic hydroxyl groups excluding tert-OH is 1. The zero-order valence-corrected chi connectivity index (χ0v) is 5.10. The molecule has 0 aliphatic carbocycles. The summed E-state index contributed by atoms with van der Waals surface area (Å²) in [6, 6.07) is 0. The van der Waals surface area contributed by atoms with E-state index in [4.69, 9.17) is 5.11 Å². The Hall–Kier alpha value is -0.300. The molecule has 0 heterocycles. The third-order valence-electron chi connectivity index (χ3n) is 1.11. The third-order valence-corrected chi connectivity index (χ3v) is 1.11. The number of allylic oxidation sites excluding steroid dienone is 1. The molecule has 0 saturated carbocycles. The summed E-state index contributed by atoms with van der Waals surface area (Å²) in [6.07, 6.45) is 1.63. The van der Waals surface area contributed by atoms with Gasteiger partial charge in [-0.05, 0) is 26.3 Å². The molecule has 1 nitrogen and oxygen atoms in total. The standard InChI is InChI=1S/C6H12O/c1-4-5(2)6(3)7/h4,6-7H,1-3H3/b5-4-. The van der Waals surface area contributed by atoms with Gasteiger partial charge in [0.05, 0.1) is 6.10 Å². The SMILES string of the molecule is C/C=C(/C)C(C)O. The molecule has 0 saturated heterocycles. The third kappa shape index (κ3) is 2.40. The molecule has 0 amide bonds. The Bertz CT molecular complexity index is 72.2. The maximum absolute atomic E-state index is 8.75. The van der Waals surface area contributed by atoms with Crippen LogP contribution in [0.4, 0.5) is 0 Å². The number of hydrogen-bond acceptors (Lipinski definition) is 1. The molecule has 0 spiro atoms. The van der Waals surface area contributed by atoms with Crippen molar-refractivity contribution >= 4 is 0 Å². The molecule has 0 aromatic heterocycles. The van der Waals surface area contributed by atoms with E-state index >= 15 is 0 Å². The first-order valence-corrected chi connectivity index (χ1v) is 2.49. The van der Waals surface area contributed by atoms with Gasteiger partial charge in [-0.2, -0.15) is 0 Å². The van der Waals surface area contributed by atoms with Crippen molar-refractivity contribution in [1.29, 1.82) is 0 Å². The molecule has 1 unspecified atom stereocenters. The zero-order chi connectivity index (χ0) is 5.86. The predicted molar refractivity (Wildman–Crippen MR) is 31.1 cm³/mol. The average molecular weight is 100 g/mol. The van der Waals surface area contributed by atoms with Gasteiger partial charge in [0.15, 0.2) is 0 Å². The summed E-state index contributed by atoms with van der Waals surface area (Å²) in [4.78, 5) is 0. The minimum absolute atomic E-state index is 0.273. The van der Waals surface area contributed by atoms with Crippen molar-refractivity contribution < 1.29 is 5.11 Å².